The van der Waals surface area contributed by atoms with Crippen molar-refractivity contribution < 1.29 is 17.6 Å². The molecule has 8 heteroatoms. The van der Waals surface area contributed by atoms with Gasteiger partial charge in [-0.1, -0.05) is 24.3 Å². The number of sulfonamides is 1. The summed E-state index contributed by atoms with van der Waals surface area (Å²) in [7, 11) is -3.60. The Labute approximate surface area is 148 Å². The molecule has 0 spiro atoms. The van der Waals surface area contributed by atoms with Crippen molar-refractivity contribution in [1.29, 1.82) is 0 Å². The van der Waals surface area contributed by atoms with Crippen LogP contribution in [0, 0.1) is 5.82 Å². The zero-order valence-electron chi connectivity index (χ0n) is 12.9. The first kappa shape index (κ1) is 18.6. The predicted molar refractivity (Wildman–Crippen MR) is 94.4 cm³/mol. The van der Waals surface area contributed by atoms with Gasteiger partial charge in [0.2, 0.25) is 15.9 Å². The van der Waals surface area contributed by atoms with Gasteiger partial charge in [-0.05, 0) is 45.8 Å². The normalized spacial score (nSPS) is 11.5. The fraction of sp³-hybridized carbons (Fsp3) is 0.188. The number of hydrogen-bond acceptors (Lipinski definition) is 3. The summed E-state index contributed by atoms with van der Waals surface area (Å²) in [6.45, 7) is -0.347. The summed E-state index contributed by atoms with van der Waals surface area (Å²) in [4.78, 5) is 12.2. The molecule has 128 valence electrons. The Bertz CT molecular complexity index is 825. The molecule has 0 radical (unpaired) electrons. The largest absolute Gasteiger partial charge is 0.324 e. The van der Waals surface area contributed by atoms with E-state index in [0.29, 0.717) is 15.7 Å². The van der Waals surface area contributed by atoms with E-state index in [1.54, 1.807) is 24.3 Å². The molecule has 2 aromatic carbocycles. The van der Waals surface area contributed by atoms with E-state index in [2.05, 4.69) is 21.2 Å². The summed E-state index contributed by atoms with van der Waals surface area (Å²) in [6, 6.07) is 12.5. The molecule has 1 amide bonds. The molecule has 5 nitrogen and oxygen atoms in total. The highest BCUT2D eigenvalue weighted by atomic mass is 79.9. The van der Waals surface area contributed by atoms with E-state index in [1.165, 1.54) is 24.3 Å². The third-order valence-electron chi connectivity index (χ3n) is 3.21. The van der Waals surface area contributed by atoms with Crippen LogP contribution in [0.25, 0.3) is 0 Å². The lowest BCUT2D eigenvalue weighted by Crippen LogP contribution is -2.36. The maximum absolute atomic E-state index is 12.9. The second-order valence-electron chi connectivity index (χ2n) is 5.19. The van der Waals surface area contributed by atoms with Gasteiger partial charge in [-0.2, -0.15) is 4.31 Å². The predicted octanol–water partition coefficient (Wildman–Crippen LogP) is 2.99. The van der Waals surface area contributed by atoms with Crippen LogP contribution in [0.2, 0.25) is 0 Å². The van der Waals surface area contributed by atoms with Gasteiger partial charge < -0.3 is 5.32 Å². The number of benzene rings is 2. The first-order valence-corrected chi connectivity index (χ1v) is 9.64. The molecule has 0 aliphatic heterocycles. The number of halogens is 2. The molecule has 0 saturated carbocycles. The number of hydrogen-bond donors (Lipinski definition) is 1. The topological polar surface area (TPSA) is 66.5 Å². The number of amides is 1. The van der Waals surface area contributed by atoms with Crippen molar-refractivity contribution in [2.75, 3.05) is 18.1 Å². The molecule has 24 heavy (non-hydrogen) atoms. The second kappa shape index (κ2) is 7.87. The fourth-order valence-electron chi connectivity index (χ4n) is 2.00. The minimum absolute atomic E-state index is 0.0114. The van der Waals surface area contributed by atoms with Crippen LogP contribution in [0.5, 0.6) is 0 Å². The summed E-state index contributed by atoms with van der Waals surface area (Å²) in [5.74, 6) is -0.870. The molecular formula is C16H16BrFN2O3S. The number of rotatable bonds is 6. The number of carbonyl (C=O) groups excluding carboxylic acids is 1. The monoisotopic (exact) mass is 414 g/mol. The van der Waals surface area contributed by atoms with E-state index in [4.69, 9.17) is 0 Å². The Morgan fingerprint density at radius 1 is 1.17 bits per heavy atom. The Morgan fingerprint density at radius 2 is 1.79 bits per heavy atom. The SMILES string of the molecule is CS(=O)(=O)N(CC(=O)Nc1ccccc1Br)Cc1ccc(F)cc1. The molecule has 0 unspecified atom stereocenters. The van der Waals surface area contributed by atoms with Crippen molar-refractivity contribution in [2.45, 2.75) is 6.54 Å². The van der Waals surface area contributed by atoms with Gasteiger partial charge in [-0.25, -0.2) is 12.8 Å². The van der Waals surface area contributed by atoms with Crippen molar-refractivity contribution in [3.63, 3.8) is 0 Å². The molecular weight excluding hydrogens is 399 g/mol. The minimum atomic E-state index is -3.60. The molecule has 0 heterocycles. The highest BCUT2D eigenvalue weighted by Gasteiger charge is 2.21. The lowest BCUT2D eigenvalue weighted by atomic mass is 10.2. The van der Waals surface area contributed by atoms with E-state index in [1.807, 2.05) is 0 Å². The van der Waals surface area contributed by atoms with Crippen LogP contribution in [0.1, 0.15) is 5.56 Å². The molecule has 0 aromatic heterocycles. The average molecular weight is 415 g/mol. The van der Waals surface area contributed by atoms with Crippen molar-refractivity contribution in [3.05, 3.63) is 64.4 Å². The summed E-state index contributed by atoms with van der Waals surface area (Å²) in [5, 5.41) is 2.66. The zero-order chi connectivity index (χ0) is 17.7. The van der Waals surface area contributed by atoms with Crippen LogP contribution >= 0.6 is 15.9 Å². The standard InChI is InChI=1S/C16H16BrFN2O3S/c1-24(22,23)20(10-12-6-8-13(18)9-7-12)11-16(21)19-15-5-3-2-4-14(15)17/h2-9H,10-11H2,1H3,(H,19,21). The van der Waals surface area contributed by atoms with E-state index < -0.39 is 21.7 Å². The summed E-state index contributed by atoms with van der Waals surface area (Å²) in [5.41, 5.74) is 1.15. The minimum Gasteiger partial charge on any atom is -0.324 e. The van der Waals surface area contributed by atoms with Crippen LogP contribution in [0.4, 0.5) is 10.1 Å². The van der Waals surface area contributed by atoms with E-state index in [-0.39, 0.29) is 13.1 Å². The molecule has 0 atom stereocenters. The molecule has 0 saturated heterocycles. The second-order valence-corrected chi connectivity index (χ2v) is 8.02. The molecule has 0 aliphatic carbocycles. The van der Waals surface area contributed by atoms with Crippen LogP contribution in [0.3, 0.4) is 0 Å². The van der Waals surface area contributed by atoms with Gasteiger partial charge in [0.1, 0.15) is 5.82 Å². The number of para-hydroxylation sites is 1. The molecule has 0 bridgehead atoms. The number of carbonyl (C=O) groups is 1. The van der Waals surface area contributed by atoms with E-state index >= 15 is 0 Å². The Hall–Kier alpha value is -1.77. The summed E-state index contributed by atoms with van der Waals surface area (Å²) < 4.78 is 38.5. The van der Waals surface area contributed by atoms with Gasteiger partial charge in [0, 0.05) is 11.0 Å². The van der Waals surface area contributed by atoms with Crippen molar-refractivity contribution in [1.82, 2.24) is 4.31 Å². The summed E-state index contributed by atoms with van der Waals surface area (Å²) >= 11 is 3.31. The first-order valence-electron chi connectivity index (χ1n) is 6.99. The Kier molecular flexibility index (Phi) is 6.09. The van der Waals surface area contributed by atoms with Gasteiger partial charge >= 0.3 is 0 Å². The number of anilines is 1. The lowest BCUT2D eigenvalue weighted by Gasteiger charge is -2.20. The smallest absolute Gasteiger partial charge is 0.239 e. The molecule has 2 rings (SSSR count). The van der Waals surface area contributed by atoms with Crippen molar-refractivity contribution >= 4 is 37.5 Å². The third kappa shape index (κ3) is 5.40. The van der Waals surface area contributed by atoms with Crippen LogP contribution in [0.15, 0.2) is 53.0 Å². The maximum Gasteiger partial charge on any atom is 0.239 e. The quantitative estimate of drug-likeness (QED) is 0.789. The van der Waals surface area contributed by atoms with Gasteiger partial charge in [0.15, 0.2) is 0 Å². The zero-order valence-corrected chi connectivity index (χ0v) is 15.3. The number of nitrogens with one attached hydrogen (secondary N) is 1. The number of nitrogens with zero attached hydrogens (tertiary/aromatic N) is 1. The van der Waals surface area contributed by atoms with Gasteiger partial charge in [-0.15, -0.1) is 0 Å². The Balaban J connectivity index is 2.10. The molecule has 1 N–H and O–H groups in total. The highest BCUT2D eigenvalue weighted by Crippen LogP contribution is 2.21. The van der Waals surface area contributed by atoms with Gasteiger partial charge in [0.05, 0.1) is 18.5 Å². The van der Waals surface area contributed by atoms with Gasteiger partial charge in [-0.3, -0.25) is 4.79 Å². The molecule has 0 aliphatic rings. The molecule has 0 fully saturated rings. The molecule has 2 aromatic rings. The third-order valence-corrected chi connectivity index (χ3v) is 5.10. The van der Waals surface area contributed by atoms with E-state index in [0.717, 1.165) is 10.6 Å². The van der Waals surface area contributed by atoms with E-state index in [9.17, 15) is 17.6 Å². The first-order chi connectivity index (χ1) is 11.3. The van der Waals surface area contributed by atoms with Crippen molar-refractivity contribution in [3.8, 4) is 0 Å². The average Bonchev–Trinajstić information content (AvgIpc) is 2.50. The fourth-order valence-corrected chi connectivity index (χ4v) is 3.12. The van der Waals surface area contributed by atoms with Crippen LogP contribution in [-0.2, 0) is 21.4 Å². The lowest BCUT2D eigenvalue weighted by molar-refractivity contribution is -0.116. The van der Waals surface area contributed by atoms with Crippen LogP contribution in [-0.4, -0.2) is 31.4 Å². The van der Waals surface area contributed by atoms with Crippen molar-refractivity contribution in [2.24, 2.45) is 0 Å². The summed E-state index contributed by atoms with van der Waals surface area (Å²) in [6.07, 6.45) is 1.03. The highest BCUT2D eigenvalue weighted by molar-refractivity contribution is 9.10. The Morgan fingerprint density at radius 3 is 2.38 bits per heavy atom. The van der Waals surface area contributed by atoms with Gasteiger partial charge in [0.25, 0.3) is 0 Å². The maximum atomic E-state index is 12.9. The van der Waals surface area contributed by atoms with Crippen LogP contribution < -0.4 is 5.32 Å².